The van der Waals surface area contributed by atoms with Crippen molar-refractivity contribution >= 4 is 5.97 Å². The van der Waals surface area contributed by atoms with Crippen LogP contribution in [0.4, 0.5) is 0 Å². The molecule has 0 saturated carbocycles. The average Bonchev–Trinajstić information content (AvgIpc) is 2.39. The van der Waals surface area contributed by atoms with Gasteiger partial charge in [-0.05, 0) is 40.2 Å². The zero-order valence-corrected chi connectivity index (χ0v) is 10.5. The van der Waals surface area contributed by atoms with Gasteiger partial charge in [0.05, 0.1) is 11.5 Å². The van der Waals surface area contributed by atoms with Crippen LogP contribution >= 0.6 is 0 Å². The number of carboxylic acids is 1. The summed E-state index contributed by atoms with van der Waals surface area (Å²) >= 11 is 0. The summed E-state index contributed by atoms with van der Waals surface area (Å²) in [6, 6.07) is 0. The summed E-state index contributed by atoms with van der Waals surface area (Å²) in [4.78, 5) is 13.3. The number of nitrogens with zero attached hydrogens (tertiary/aromatic N) is 1. The molecule has 1 aliphatic heterocycles. The van der Waals surface area contributed by atoms with E-state index in [1.807, 2.05) is 0 Å². The van der Waals surface area contributed by atoms with Gasteiger partial charge in [0.25, 0.3) is 0 Å². The number of carboxylic acid groups (broad SMARTS) is 1. The third-order valence-corrected chi connectivity index (χ3v) is 3.17. The lowest BCUT2D eigenvalue weighted by Gasteiger charge is -2.26. The second-order valence-corrected chi connectivity index (χ2v) is 5.27. The molecule has 1 aliphatic rings. The molecule has 16 heavy (non-hydrogen) atoms. The lowest BCUT2D eigenvalue weighted by Crippen LogP contribution is -2.35. The molecule has 0 spiro atoms. The molecule has 1 rings (SSSR count). The second-order valence-electron chi connectivity index (χ2n) is 5.27. The Balaban J connectivity index is 2.39. The van der Waals surface area contributed by atoms with Crippen LogP contribution in [0.5, 0.6) is 0 Å². The van der Waals surface area contributed by atoms with E-state index in [2.05, 4.69) is 11.8 Å². The van der Waals surface area contributed by atoms with Gasteiger partial charge < -0.3 is 14.7 Å². The van der Waals surface area contributed by atoms with Crippen LogP contribution in [0.25, 0.3) is 0 Å². The predicted octanol–water partition coefficient (Wildman–Crippen LogP) is 1.60. The number of carbonyl (C=O) groups is 1. The van der Waals surface area contributed by atoms with Crippen LogP contribution in [-0.4, -0.2) is 48.3 Å². The first-order valence-electron chi connectivity index (χ1n) is 5.99. The van der Waals surface area contributed by atoms with Crippen molar-refractivity contribution in [3.05, 3.63) is 0 Å². The zero-order valence-electron chi connectivity index (χ0n) is 10.5. The normalized spacial score (nSPS) is 24.1. The highest BCUT2D eigenvalue weighted by atomic mass is 16.5. The molecule has 94 valence electrons. The van der Waals surface area contributed by atoms with E-state index in [9.17, 15) is 4.79 Å². The Kier molecular flexibility index (Phi) is 4.74. The van der Waals surface area contributed by atoms with E-state index in [1.165, 1.54) is 0 Å². The summed E-state index contributed by atoms with van der Waals surface area (Å²) in [6.07, 6.45) is 1.99. The van der Waals surface area contributed by atoms with Gasteiger partial charge in [-0.1, -0.05) is 0 Å². The Morgan fingerprint density at radius 3 is 2.88 bits per heavy atom. The molecule has 4 heteroatoms. The molecule has 0 aromatic rings. The Morgan fingerprint density at radius 1 is 1.56 bits per heavy atom. The third kappa shape index (κ3) is 4.10. The summed E-state index contributed by atoms with van der Waals surface area (Å²) in [5, 5.41) is 9.04. The van der Waals surface area contributed by atoms with Crippen molar-refractivity contribution in [1.29, 1.82) is 0 Å². The van der Waals surface area contributed by atoms with Gasteiger partial charge >= 0.3 is 5.97 Å². The molecule has 1 N–H and O–H groups in total. The highest BCUT2D eigenvalue weighted by molar-refractivity contribution is 5.73. The summed E-state index contributed by atoms with van der Waals surface area (Å²) in [5.41, 5.74) is -0.629. The van der Waals surface area contributed by atoms with Gasteiger partial charge in [0.15, 0.2) is 0 Å². The Hall–Kier alpha value is -0.610. The van der Waals surface area contributed by atoms with E-state index in [-0.39, 0.29) is 6.10 Å². The van der Waals surface area contributed by atoms with E-state index in [0.29, 0.717) is 6.42 Å². The van der Waals surface area contributed by atoms with Crippen LogP contribution in [0, 0.1) is 5.41 Å². The van der Waals surface area contributed by atoms with Crippen molar-refractivity contribution in [2.45, 2.75) is 39.7 Å². The lowest BCUT2D eigenvalue weighted by molar-refractivity contribution is -0.147. The molecular weight excluding hydrogens is 206 g/mol. The maximum Gasteiger partial charge on any atom is 0.309 e. The highest BCUT2D eigenvalue weighted by Crippen LogP contribution is 2.21. The van der Waals surface area contributed by atoms with Gasteiger partial charge in [0.2, 0.25) is 0 Å². The molecule has 0 aromatic heterocycles. The highest BCUT2D eigenvalue weighted by Gasteiger charge is 2.28. The molecule has 0 radical (unpaired) electrons. The number of ether oxygens (including phenoxy) is 1. The summed E-state index contributed by atoms with van der Waals surface area (Å²) in [6.45, 7) is 9.23. The van der Waals surface area contributed by atoms with E-state index in [1.54, 1.807) is 13.8 Å². The number of hydrogen-bond donors (Lipinski definition) is 1. The fourth-order valence-electron chi connectivity index (χ4n) is 1.83. The first kappa shape index (κ1) is 13.5. The Bertz CT molecular complexity index is 240. The zero-order chi connectivity index (χ0) is 12.2. The minimum absolute atomic E-state index is 0.260. The SMILES string of the molecule is CC1CN(CCC(C)(C)C(=O)O)CCCO1. The first-order chi connectivity index (χ1) is 7.42. The quantitative estimate of drug-likeness (QED) is 0.795. The molecule has 0 amide bonds. The monoisotopic (exact) mass is 229 g/mol. The third-order valence-electron chi connectivity index (χ3n) is 3.17. The predicted molar refractivity (Wildman–Crippen MR) is 62.5 cm³/mol. The van der Waals surface area contributed by atoms with Crippen molar-refractivity contribution < 1.29 is 14.6 Å². The van der Waals surface area contributed by atoms with E-state index in [0.717, 1.165) is 32.7 Å². The van der Waals surface area contributed by atoms with Crippen molar-refractivity contribution in [2.75, 3.05) is 26.2 Å². The molecule has 0 bridgehead atoms. The number of aliphatic carboxylic acids is 1. The molecule has 0 aromatic carbocycles. The second kappa shape index (κ2) is 5.64. The van der Waals surface area contributed by atoms with Gasteiger partial charge in [-0.3, -0.25) is 4.79 Å². The van der Waals surface area contributed by atoms with Gasteiger partial charge in [0.1, 0.15) is 0 Å². The molecule has 1 saturated heterocycles. The van der Waals surface area contributed by atoms with Crippen LogP contribution in [-0.2, 0) is 9.53 Å². The smallest absolute Gasteiger partial charge is 0.309 e. The van der Waals surface area contributed by atoms with E-state index >= 15 is 0 Å². The van der Waals surface area contributed by atoms with Gasteiger partial charge in [-0.25, -0.2) is 0 Å². The van der Waals surface area contributed by atoms with Crippen molar-refractivity contribution in [3.8, 4) is 0 Å². The topological polar surface area (TPSA) is 49.8 Å². The van der Waals surface area contributed by atoms with Gasteiger partial charge in [-0.2, -0.15) is 0 Å². The summed E-state index contributed by atoms with van der Waals surface area (Å²) in [5.74, 6) is -0.716. The summed E-state index contributed by atoms with van der Waals surface area (Å²) in [7, 11) is 0. The maximum absolute atomic E-state index is 11.0. The van der Waals surface area contributed by atoms with Crippen molar-refractivity contribution in [3.63, 3.8) is 0 Å². The maximum atomic E-state index is 11.0. The van der Waals surface area contributed by atoms with E-state index < -0.39 is 11.4 Å². The fourth-order valence-corrected chi connectivity index (χ4v) is 1.83. The minimum atomic E-state index is -0.716. The van der Waals surface area contributed by atoms with Gasteiger partial charge in [-0.15, -0.1) is 0 Å². The van der Waals surface area contributed by atoms with Crippen LogP contribution in [0.3, 0.4) is 0 Å². The molecule has 1 unspecified atom stereocenters. The number of hydrogen-bond acceptors (Lipinski definition) is 3. The van der Waals surface area contributed by atoms with Crippen LogP contribution < -0.4 is 0 Å². The standard InChI is InChI=1S/C12H23NO3/c1-10-9-13(6-4-8-16-10)7-5-12(2,3)11(14)15/h10H,4-9H2,1-3H3,(H,14,15). The largest absolute Gasteiger partial charge is 0.481 e. The molecule has 0 aliphatic carbocycles. The lowest BCUT2D eigenvalue weighted by atomic mass is 9.89. The minimum Gasteiger partial charge on any atom is -0.481 e. The Labute approximate surface area is 97.6 Å². The Morgan fingerprint density at radius 2 is 2.25 bits per heavy atom. The fraction of sp³-hybridized carbons (Fsp3) is 0.917. The van der Waals surface area contributed by atoms with Crippen LogP contribution in [0.15, 0.2) is 0 Å². The van der Waals surface area contributed by atoms with Crippen LogP contribution in [0.2, 0.25) is 0 Å². The molecule has 1 fully saturated rings. The molecule has 1 heterocycles. The molecular formula is C12H23NO3. The summed E-state index contributed by atoms with van der Waals surface area (Å²) < 4.78 is 5.55. The first-order valence-corrected chi connectivity index (χ1v) is 5.99. The van der Waals surface area contributed by atoms with Crippen molar-refractivity contribution in [2.24, 2.45) is 5.41 Å². The van der Waals surface area contributed by atoms with E-state index in [4.69, 9.17) is 9.84 Å². The average molecular weight is 229 g/mol. The molecule has 4 nitrogen and oxygen atoms in total. The number of rotatable bonds is 4. The van der Waals surface area contributed by atoms with Crippen LogP contribution in [0.1, 0.15) is 33.6 Å². The van der Waals surface area contributed by atoms with Gasteiger partial charge in [0, 0.05) is 19.7 Å². The molecule has 1 atom stereocenters. The van der Waals surface area contributed by atoms with Crippen molar-refractivity contribution in [1.82, 2.24) is 4.90 Å².